The predicted octanol–water partition coefficient (Wildman–Crippen LogP) is 0.730. The summed E-state index contributed by atoms with van der Waals surface area (Å²) in [6, 6.07) is 10.2. The number of sulfone groups is 1. The molecule has 3 heterocycles. The van der Waals surface area contributed by atoms with Crippen LogP contribution in [0.1, 0.15) is 38.4 Å². The fourth-order valence-corrected chi connectivity index (χ4v) is 5.70. The van der Waals surface area contributed by atoms with Gasteiger partial charge in [-0.05, 0) is 31.0 Å². The summed E-state index contributed by atoms with van der Waals surface area (Å²) in [5, 5.41) is 2.74. The molecule has 1 aromatic heterocycles. The van der Waals surface area contributed by atoms with E-state index in [4.69, 9.17) is 0 Å². The Morgan fingerprint density at radius 3 is 2.50 bits per heavy atom. The Hall–Kier alpha value is -2.94. The van der Waals surface area contributed by atoms with Gasteiger partial charge in [0, 0.05) is 25.7 Å². The van der Waals surface area contributed by atoms with E-state index in [0.717, 1.165) is 11.1 Å². The molecule has 1 atom stereocenters. The fourth-order valence-electron chi connectivity index (χ4n) is 3.97. The molecule has 158 valence electrons. The number of aryl methyl sites for hydroxylation is 1. The Morgan fingerprint density at radius 1 is 1.10 bits per heavy atom. The number of pyridine rings is 1. The number of nitrogens with one attached hydrogen (secondary N) is 1. The first-order valence-corrected chi connectivity index (χ1v) is 11.7. The summed E-state index contributed by atoms with van der Waals surface area (Å²) in [5.74, 6) is -0.823. The molecule has 1 aromatic carbocycles. The summed E-state index contributed by atoms with van der Waals surface area (Å²) in [6.45, 7) is 2.75. The zero-order chi connectivity index (χ0) is 21.5. The van der Waals surface area contributed by atoms with Gasteiger partial charge in [0.15, 0.2) is 9.84 Å². The number of carbonyl (C=O) groups excluding carboxylic acids is 2. The van der Waals surface area contributed by atoms with Crippen molar-refractivity contribution >= 4 is 21.7 Å². The van der Waals surface area contributed by atoms with Gasteiger partial charge in [0.1, 0.15) is 11.3 Å². The first-order valence-electron chi connectivity index (χ1n) is 9.84. The lowest BCUT2D eigenvalue weighted by Gasteiger charge is -2.33. The molecule has 2 aliphatic rings. The van der Waals surface area contributed by atoms with Crippen LogP contribution in [0.5, 0.6) is 0 Å². The molecule has 8 nitrogen and oxygen atoms in total. The Morgan fingerprint density at radius 2 is 1.83 bits per heavy atom. The van der Waals surface area contributed by atoms with E-state index in [9.17, 15) is 22.8 Å². The molecule has 4 rings (SSSR count). The smallest absolute Gasteiger partial charge is 0.270 e. The fraction of sp³-hybridized carbons (Fsp3) is 0.381. The van der Waals surface area contributed by atoms with E-state index in [1.165, 1.54) is 21.6 Å². The summed E-state index contributed by atoms with van der Waals surface area (Å²) >= 11 is 0. The zero-order valence-corrected chi connectivity index (χ0v) is 17.4. The van der Waals surface area contributed by atoms with E-state index in [1.54, 1.807) is 0 Å². The minimum Gasteiger partial charge on any atom is -0.348 e. The number of benzene rings is 1. The minimum absolute atomic E-state index is 0.0180. The summed E-state index contributed by atoms with van der Waals surface area (Å²) in [7, 11) is -3.12. The molecular formula is C21H23N3O5S. The van der Waals surface area contributed by atoms with Gasteiger partial charge in [0.2, 0.25) is 0 Å². The Labute approximate surface area is 174 Å². The number of rotatable bonds is 4. The number of carbonyl (C=O) groups is 2. The first kappa shape index (κ1) is 20.3. The predicted molar refractivity (Wildman–Crippen MR) is 111 cm³/mol. The molecule has 0 bridgehead atoms. The number of fused-ring (bicyclic) bond motifs is 1. The monoisotopic (exact) mass is 429 g/mol. The van der Waals surface area contributed by atoms with Crippen molar-refractivity contribution in [2.45, 2.75) is 32.5 Å². The highest BCUT2D eigenvalue weighted by atomic mass is 32.2. The Bertz CT molecular complexity index is 1170. The third kappa shape index (κ3) is 3.89. The first-order chi connectivity index (χ1) is 14.2. The van der Waals surface area contributed by atoms with E-state index in [1.807, 2.05) is 31.2 Å². The van der Waals surface area contributed by atoms with E-state index in [2.05, 4.69) is 5.32 Å². The van der Waals surface area contributed by atoms with E-state index >= 15 is 0 Å². The second kappa shape index (κ2) is 7.71. The van der Waals surface area contributed by atoms with Gasteiger partial charge in [0.25, 0.3) is 17.4 Å². The molecule has 2 aliphatic heterocycles. The van der Waals surface area contributed by atoms with Gasteiger partial charge in [-0.1, -0.05) is 29.8 Å². The lowest BCUT2D eigenvalue weighted by atomic mass is 10.1. The average Bonchev–Trinajstić information content (AvgIpc) is 3.07. The molecular weight excluding hydrogens is 406 g/mol. The second-order valence-electron chi connectivity index (χ2n) is 7.81. The maximum Gasteiger partial charge on any atom is 0.270 e. The summed E-state index contributed by atoms with van der Waals surface area (Å²) < 4.78 is 24.8. The van der Waals surface area contributed by atoms with Crippen LogP contribution < -0.4 is 10.9 Å². The quantitative estimate of drug-likeness (QED) is 0.771. The molecule has 0 aliphatic carbocycles. The van der Waals surface area contributed by atoms with Crippen molar-refractivity contribution in [3.05, 3.63) is 69.1 Å². The van der Waals surface area contributed by atoms with Crippen LogP contribution in [0.4, 0.5) is 0 Å². The number of amides is 2. The highest BCUT2D eigenvalue weighted by Crippen LogP contribution is 2.22. The van der Waals surface area contributed by atoms with Gasteiger partial charge >= 0.3 is 0 Å². The maximum absolute atomic E-state index is 12.9. The van der Waals surface area contributed by atoms with Gasteiger partial charge in [0.05, 0.1) is 11.5 Å². The van der Waals surface area contributed by atoms with Crippen LogP contribution in [-0.2, 0) is 22.9 Å². The van der Waals surface area contributed by atoms with Crippen molar-refractivity contribution in [1.29, 1.82) is 0 Å². The normalized spacial score (nSPS) is 20.1. The van der Waals surface area contributed by atoms with E-state index in [0.29, 0.717) is 13.0 Å². The molecule has 0 spiro atoms. The average molecular weight is 429 g/mol. The largest absolute Gasteiger partial charge is 0.348 e. The van der Waals surface area contributed by atoms with Crippen molar-refractivity contribution in [3.63, 3.8) is 0 Å². The van der Waals surface area contributed by atoms with E-state index in [-0.39, 0.29) is 47.8 Å². The minimum atomic E-state index is -3.12. The van der Waals surface area contributed by atoms with Crippen LogP contribution in [0, 0.1) is 6.92 Å². The molecule has 1 unspecified atom stereocenters. The van der Waals surface area contributed by atoms with Gasteiger partial charge in [-0.25, -0.2) is 8.42 Å². The van der Waals surface area contributed by atoms with Gasteiger partial charge in [-0.2, -0.15) is 0 Å². The van der Waals surface area contributed by atoms with Crippen LogP contribution in [0.25, 0.3) is 0 Å². The molecule has 2 amide bonds. The second-order valence-corrected chi connectivity index (χ2v) is 10.0. The van der Waals surface area contributed by atoms with Crippen molar-refractivity contribution in [2.24, 2.45) is 0 Å². The molecule has 30 heavy (non-hydrogen) atoms. The SMILES string of the molecule is Cc1ccc(CNC(=O)c2ccc3n(c2=O)CCN(C2CCS(=O)(=O)C2)C3=O)cc1. The number of nitrogens with zero attached hydrogens (tertiary/aromatic N) is 2. The molecule has 9 heteroatoms. The standard InChI is InChI=1S/C21H23N3O5S/c1-14-2-4-15(5-3-14)12-22-19(25)17-6-7-18-21(27)23(9-10-24(18)20(17)26)16-8-11-30(28,29)13-16/h2-7,16H,8-13H2,1H3,(H,22,25). The Balaban J connectivity index is 1.51. The lowest BCUT2D eigenvalue weighted by Crippen LogP contribution is -2.50. The van der Waals surface area contributed by atoms with E-state index < -0.39 is 21.3 Å². The highest BCUT2D eigenvalue weighted by molar-refractivity contribution is 7.91. The van der Waals surface area contributed by atoms with Crippen molar-refractivity contribution in [2.75, 3.05) is 18.1 Å². The number of hydrogen-bond acceptors (Lipinski definition) is 5. The van der Waals surface area contributed by atoms with Crippen LogP contribution in [0.3, 0.4) is 0 Å². The summed E-state index contributed by atoms with van der Waals surface area (Å²) in [6.07, 6.45) is 0.414. The third-order valence-electron chi connectivity index (χ3n) is 5.69. The van der Waals surface area contributed by atoms with Gasteiger partial charge < -0.3 is 14.8 Å². The van der Waals surface area contributed by atoms with Crippen molar-refractivity contribution in [3.8, 4) is 0 Å². The Kier molecular flexibility index (Phi) is 5.23. The topological polar surface area (TPSA) is 106 Å². The molecule has 0 radical (unpaired) electrons. The third-order valence-corrected chi connectivity index (χ3v) is 7.44. The summed E-state index contributed by atoms with van der Waals surface area (Å²) in [5.41, 5.74) is 1.69. The van der Waals surface area contributed by atoms with Crippen LogP contribution in [0.15, 0.2) is 41.2 Å². The zero-order valence-electron chi connectivity index (χ0n) is 16.6. The van der Waals surface area contributed by atoms with Crippen molar-refractivity contribution in [1.82, 2.24) is 14.8 Å². The molecule has 1 N–H and O–H groups in total. The van der Waals surface area contributed by atoms with Crippen molar-refractivity contribution < 1.29 is 18.0 Å². The number of aromatic nitrogens is 1. The summed E-state index contributed by atoms with van der Waals surface area (Å²) in [4.78, 5) is 39.8. The lowest BCUT2D eigenvalue weighted by molar-refractivity contribution is 0.0633. The van der Waals surface area contributed by atoms with Crippen LogP contribution in [0.2, 0.25) is 0 Å². The van der Waals surface area contributed by atoms with Crippen LogP contribution >= 0.6 is 0 Å². The van der Waals surface area contributed by atoms with Crippen LogP contribution in [-0.4, -0.2) is 53.8 Å². The number of hydrogen-bond donors (Lipinski definition) is 1. The maximum atomic E-state index is 12.9. The molecule has 1 fully saturated rings. The molecule has 0 saturated carbocycles. The molecule has 2 aromatic rings. The van der Waals surface area contributed by atoms with Gasteiger partial charge in [-0.15, -0.1) is 0 Å². The molecule has 1 saturated heterocycles. The highest BCUT2D eigenvalue weighted by Gasteiger charge is 2.37. The van der Waals surface area contributed by atoms with Gasteiger partial charge in [-0.3, -0.25) is 14.4 Å².